The molecule has 0 saturated carbocycles. The molecular weight excluding hydrogens is 318 g/mol. The predicted molar refractivity (Wildman–Crippen MR) is 97.7 cm³/mol. The molecule has 0 bridgehead atoms. The number of ether oxygens (including phenoxy) is 1. The first-order valence-corrected chi connectivity index (χ1v) is 8.25. The number of H-pyrrole nitrogens is 1. The van der Waals surface area contributed by atoms with E-state index in [2.05, 4.69) is 20.2 Å². The van der Waals surface area contributed by atoms with E-state index in [4.69, 9.17) is 9.72 Å². The van der Waals surface area contributed by atoms with Gasteiger partial charge in [-0.1, -0.05) is 0 Å². The molecule has 1 aliphatic heterocycles. The predicted octanol–water partition coefficient (Wildman–Crippen LogP) is 2.21. The average molecular weight is 337 g/mol. The van der Waals surface area contributed by atoms with E-state index >= 15 is 0 Å². The molecule has 3 aromatic heterocycles. The highest BCUT2D eigenvalue weighted by Crippen LogP contribution is 2.26. The van der Waals surface area contributed by atoms with Crippen molar-refractivity contribution in [3.63, 3.8) is 0 Å². The van der Waals surface area contributed by atoms with Gasteiger partial charge in [0.25, 0.3) is 5.56 Å². The number of pyridine rings is 3. The van der Waals surface area contributed by atoms with Crippen LogP contribution in [0, 0.1) is 6.92 Å². The first-order valence-electron chi connectivity index (χ1n) is 8.25. The number of aromatic amines is 1. The molecule has 7 heteroatoms. The minimum atomic E-state index is -0.133. The van der Waals surface area contributed by atoms with Gasteiger partial charge in [-0.15, -0.1) is 0 Å². The van der Waals surface area contributed by atoms with Crippen LogP contribution in [0.25, 0.3) is 10.8 Å². The molecule has 4 heterocycles. The van der Waals surface area contributed by atoms with Crippen LogP contribution in [0.5, 0.6) is 0 Å². The van der Waals surface area contributed by atoms with E-state index < -0.39 is 0 Å². The van der Waals surface area contributed by atoms with Gasteiger partial charge >= 0.3 is 0 Å². The van der Waals surface area contributed by atoms with Crippen LogP contribution >= 0.6 is 0 Å². The lowest BCUT2D eigenvalue weighted by Gasteiger charge is -2.28. The van der Waals surface area contributed by atoms with Gasteiger partial charge in [0.1, 0.15) is 17.5 Å². The lowest BCUT2D eigenvalue weighted by Crippen LogP contribution is -2.37. The maximum Gasteiger partial charge on any atom is 0.259 e. The molecule has 1 fully saturated rings. The second-order valence-electron chi connectivity index (χ2n) is 6.04. The van der Waals surface area contributed by atoms with Gasteiger partial charge < -0.3 is 19.9 Å². The fourth-order valence-corrected chi connectivity index (χ4v) is 3.00. The van der Waals surface area contributed by atoms with Crippen LogP contribution in [0.4, 0.5) is 17.5 Å². The third kappa shape index (κ3) is 3.18. The first-order chi connectivity index (χ1) is 12.2. The zero-order valence-corrected chi connectivity index (χ0v) is 14.0. The lowest BCUT2D eigenvalue weighted by molar-refractivity contribution is 0.122. The molecule has 0 radical (unpaired) electrons. The Balaban J connectivity index is 1.81. The quantitative estimate of drug-likeness (QED) is 0.762. The van der Waals surface area contributed by atoms with Crippen LogP contribution in [0.15, 0.2) is 41.5 Å². The van der Waals surface area contributed by atoms with Crippen LogP contribution in [-0.2, 0) is 4.74 Å². The molecule has 1 aliphatic rings. The summed E-state index contributed by atoms with van der Waals surface area (Å²) in [7, 11) is 0. The van der Waals surface area contributed by atoms with Crippen molar-refractivity contribution in [1.29, 1.82) is 0 Å². The Morgan fingerprint density at radius 3 is 2.84 bits per heavy atom. The van der Waals surface area contributed by atoms with Crippen molar-refractivity contribution < 1.29 is 4.74 Å². The van der Waals surface area contributed by atoms with E-state index in [-0.39, 0.29) is 5.56 Å². The van der Waals surface area contributed by atoms with Crippen LogP contribution in [-0.4, -0.2) is 41.3 Å². The standard InChI is InChI=1S/C18H19N5O2/c1-12-2-4-19-14(10-12)21-15-11-13-3-5-20-18(24)16(13)17(22-15)23-6-8-25-9-7-23/h2-5,10-11H,6-9H2,1H3,(H,20,24)(H,19,21,22). The van der Waals surface area contributed by atoms with Gasteiger partial charge in [0.2, 0.25) is 0 Å². The zero-order valence-electron chi connectivity index (χ0n) is 14.0. The van der Waals surface area contributed by atoms with E-state index in [0.29, 0.717) is 43.3 Å². The number of aryl methyl sites for hydroxylation is 1. The minimum Gasteiger partial charge on any atom is -0.378 e. The molecule has 0 unspecified atom stereocenters. The van der Waals surface area contributed by atoms with Crippen molar-refractivity contribution in [2.24, 2.45) is 0 Å². The fourth-order valence-electron chi connectivity index (χ4n) is 3.00. The zero-order chi connectivity index (χ0) is 17.2. The van der Waals surface area contributed by atoms with E-state index in [1.807, 2.05) is 31.2 Å². The summed E-state index contributed by atoms with van der Waals surface area (Å²) < 4.78 is 5.42. The van der Waals surface area contributed by atoms with Crippen molar-refractivity contribution in [3.8, 4) is 0 Å². The van der Waals surface area contributed by atoms with Crippen molar-refractivity contribution in [1.82, 2.24) is 15.0 Å². The molecule has 0 atom stereocenters. The monoisotopic (exact) mass is 337 g/mol. The van der Waals surface area contributed by atoms with E-state index in [1.54, 1.807) is 12.4 Å². The Labute approximate surface area is 144 Å². The lowest BCUT2D eigenvalue weighted by atomic mass is 10.2. The highest BCUT2D eigenvalue weighted by Gasteiger charge is 2.18. The molecule has 2 N–H and O–H groups in total. The van der Waals surface area contributed by atoms with Gasteiger partial charge in [0.05, 0.1) is 18.6 Å². The van der Waals surface area contributed by atoms with Gasteiger partial charge in [-0.2, -0.15) is 0 Å². The van der Waals surface area contributed by atoms with Gasteiger partial charge in [0.15, 0.2) is 0 Å². The van der Waals surface area contributed by atoms with E-state index in [1.165, 1.54) is 0 Å². The molecule has 0 aliphatic carbocycles. The van der Waals surface area contributed by atoms with Crippen LogP contribution < -0.4 is 15.8 Å². The molecule has 1 saturated heterocycles. The minimum absolute atomic E-state index is 0.133. The van der Waals surface area contributed by atoms with Gasteiger partial charge in [-0.3, -0.25) is 4.79 Å². The molecule has 0 aromatic carbocycles. The van der Waals surface area contributed by atoms with Crippen molar-refractivity contribution >= 4 is 28.2 Å². The first kappa shape index (κ1) is 15.6. The topological polar surface area (TPSA) is 83.1 Å². The van der Waals surface area contributed by atoms with E-state index in [9.17, 15) is 4.79 Å². The second-order valence-corrected chi connectivity index (χ2v) is 6.04. The molecule has 7 nitrogen and oxygen atoms in total. The maximum atomic E-state index is 12.4. The van der Waals surface area contributed by atoms with Crippen molar-refractivity contribution in [2.45, 2.75) is 6.92 Å². The summed E-state index contributed by atoms with van der Waals surface area (Å²) in [4.78, 5) is 26.2. The number of fused-ring (bicyclic) bond motifs is 1. The Bertz CT molecular complexity index is 963. The summed E-state index contributed by atoms with van der Waals surface area (Å²) in [6.45, 7) is 4.69. The summed E-state index contributed by atoms with van der Waals surface area (Å²) >= 11 is 0. The van der Waals surface area contributed by atoms with Crippen LogP contribution in [0.1, 0.15) is 5.56 Å². The third-order valence-corrected chi connectivity index (χ3v) is 4.22. The number of nitrogens with zero attached hydrogens (tertiary/aromatic N) is 3. The Morgan fingerprint density at radius 2 is 2.04 bits per heavy atom. The van der Waals surface area contributed by atoms with Crippen LogP contribution in [0.2, 0.25) is 0 Å². The summed E-state index contributed by atoms with van der Waals surface area (Å²) in [5, 5.41) is 4.69. The highest BCUT2D eigenvalue weighted by molar-refractivity contribution is 5.93. The molecular formula is C18H19N5O2. The molecule has 0 amide bonds. The van der Waals surface area contributed by atoms with E-state index in [0.717, 1.165) is 16.8 Å². The van der Waals surface area contributed by atoms with Crippen molar-refractivity contribution in [3.05, 3.63) is 52.6 Å². The number of hydrogen-bond acceptors (Lipinski definition) is 6. The number of aromatic nitrogens is 3. The van der Waals surface area contributed by atoms with Gasteiger partial charge in [0, 0.05) is 25.5 Å². The molecule has 3 aromatic rings. The SMILES string of the molecule is Cc1ccnc(Nc2cc3cc[nH]c(=O)c3c(N3CCOCC3)n2)c1. The smallest absolute Gasteiger partial charge is 0.259 e. The number of nitrogens with one attached hydrogen (secondary N) is 2. The Kier molecular flexibility index (Phi) is 4.07. The van der Waals surface area contributed by atoms with Crippen molar-refractivity contribution in [2.75, 3.05) is 36.5 Å². The highest BCUT2D eigenvalue weighted by atomic mass is 16.5. The normalized spacial score (nSPS) is 14.7. The van der Waals surface area contributed by atoms with Gasteiger partial charge in [-0.05, 0) is 42.1 Å². The van der Waals surface area contributed by atoms with Crippen LogP contribution in [0.3, 0.4) is 0 Å². The number of hydrogen-bond donors (Lipinski definition) is 2. The maximum absolute atomic E-state index is 12.4. The molecule has 25 heavy (non-hydrogen) atoms. The molecule has 4 rings (SSSR count). The number of rotatable bonds is 3. The molecule has 0 spiro atoms. The molecule has 128 valence electrons. The Hall–Kier alpha value is -2.93. The van der Waals surface area contributed by atoms with Gasteiger partial charge in [-0.25, -0.2) is 9.97 Å². The largest absolute Gasteiger partial charge is 0.378 e. The third-order valence-electron chi connectivity index (χ3n) is 4.22. The summed E-state index contributed by atoms with van der Waals surface area (Å²) in [6.07, 6.45) is 3.41. The summed E-state index contributed by atoms with van der Waals surface area (Å²) in [5.74, 6) is 2.07. The summed E-state index contributed by atoms with van der Waals surface area (Å²) in [5.41, 5.74) is 0.981. The average Bonchev–Trinajstić information content (AvgIpc) is 2.62. The summed E-state index contributed by atoms with van der Waals surface area (Å²) in [6, 6.07) is 7.66. The number of morpholine rings is 1. The fraction of sp³-hybridized carbons (Fsp3) is 0.278. The number of anilines is 3. The second kappa shape index (κ2) is 6.52. The Morgan fingerprint density at radius 1 is 1.20 bits per heavy atom.